The second kappa shape index (κ2) is 6.11. The van der Waals surface area contributed by atoms with E-state index in [2.05, 4.69) is 41.5 Å². The summed E-state index contributed by atoms with van der Waals surface area (Å²) in [7, 11) is -1.88. The van der Waals surface area contributed by atoms with Crippen LogP contribution in [0.25, 0.3) is 0 Å². The maximum atomic E-state index is 6.52. The summed E-state index contributed by atoms with van der Waals surface area (Å²) in [5, 5.41) is 0.719. The highest BCUT2D eigenvalue weighted by atomic mass is 35.5. The number of hydrogen-bond acceptors (Lipinski definition) is 1. The number of hydrogen-bond donors (Lipinski definition) is 0. The van der Waals surface area contributed by atoms with Crippen molar-refractivity contribution in [1.82, 2.24) is 0 Å². The lowest BCUT2D eigenvalue weighted by atomic mass is 10.3. The van der Waals surface area contributed by atoms with E-state index in [1.54, 1.807) is 0 Å². The van der Waals surface area contributed by atoms with Gasteiger partial charge in [0, 0.05) is 0 Å². The molecule has 1 rings (SSSR count). The Morgan fingerprint density at radius 3 is 1.72 bits per heavy atom. The molecule has 0 amide bonds. The predicted octanol–water partition coefficient (Wildman–Crippen LogP) is 5.89. The fourth-order valence-electron chi connectivity index (χ4n) is 3.07. The average molecular weight is 285 g/mol. The maximum absolute atomic E-state index is 6.52. The third-order valence-electron chi connectivity index (χ3n) is 3.83. The van der Waals surface area contributed by atoms with Gasteiger partial charge in [0.05, 0.1) is 5.02 Å². The first kappa shape index (κ1) is 15.6. The molecule has 0 aliphatic carbocycles. The Morgan fingerprint density at radius 1 is 0.889 bits per heavy atom. The third-order valence-corrected chi connectivity index (χ3v) is 10.1. The smallest absolute Gasteiger partial charge is 0.258 e. The van der Waals surface area contributed by atoms with Gasteiger partial charge in [-0.3, -0.25) is 0 Å². The molecule has 1 aromatic rings. The van der Waals surface area contributed by atoms with Crippen LogP contribution in [-0.4, -0.2) is 8.32 Å². The van der Waals surface area contributed by atoms with Crippen molar-refractivity contribution < 1.29 is 4.43 Å². The lowest BCUT2D eigenvalue weighted by Crippen LogP contribution is -2.50. The van der Waals surface area contributed by atoms with Crippen molar-refractivity contribution in [3.05, 3.63) is 29.3 Å². The zero-order valence-corrected chi connectivity index (χ0v) is 14.1. The molecule has 0 heterocycles. The standard InChI is InChI=1S/C15H25ClOSi/c1-11(2)18(12(3)4,13(5)6)17-15-10-8-7-9-14(15)16/h7-13H,1-6H3. The fourth-order valence-corrected chi connectivity index (χ4v) is 8.58. The largest absolute Gasteiger partial charge is 0.542 e. The van der Waals surface area contributed by atoms with Gasteiger partial charge < -0.3 is 4.43 Å². The van der Waals surface area contributed by atoms with Crippen LogP contribution in [0, 0.1) is 0 Å². The van der Waals surface area contributed by atoms with Crippen molar-refractivity contribution in [3.63, 3.8) is 0 Å². The second-order valence-corrected chi connectivity index (χ2v) is 11.6. The van der Waals surface area contributed by atoms with Crippen molar-refractivity contribution >= 4 is 19.9 Å². The summed E-state index contributed by atoms with van der Waals surface area (Å²) < 4.78 is 6.52. The van der Waals surface area contributed by atoms with Gasteiger partial charge in [0.25, 0.3) is 8.32 Å². The van der Waals surface area contributed by atoms with Gasteiger partial charge in [-0.05, 0) is 28.8 Å². The number of rotatable bonds is 5. The molecule has 0 spiro atoms. The van der Waals surface area contributed by atoms with Crippen LogP contribution in [-0.2, 0) is 0 Å². The molecule has 0 bridgehead atoms. The molecule has 0 fully saturated rings. The first-order chi connectivity index (χ1) is 8.32. The van der Waals surface area contributed by atoms with E-state index in [1.807, 2.05) is 24.3 Å². The molecule has 0 atom stereocenters. The Balaban J connectivity index is 3.17. The van der Waals surface area contributed by atoms with Crippen molar-refractivity contribution in [3.8, 4) is 5.75 Å². The Bertz CT molecular complexity index is 366. The van der Waals surface area contributed by atoms with E-state index in [1.165, 1.54) is 0 Å². The normalized spacial score (nSPS) is 12.6. The van der Waals surface area contributed by atoms with Gasteiger partial charge in [0.15, 0.2) is 0 Å². The highest BCUT2D eigenvalue weighted by Crippen LogP contribution is 2.43. The summed E-state index contributed by atoms with van der Waals surface area (Å²) in [4.78, 5) is 0. The monoisotopic (exact) mass is 284 g/mol. The predicted molar refractivity (Wildman–Crippen MR) is 83.1 cm³/mol. The molecule has 0 saturated heterocycles. The Kier molecular flexibility index (Phi) is 5.29. The van der Waals surface area contributed by atoms with E-state index in [-0.39, 0.29) is 0 Å². The molecule has 102 valence electrons. The van der Waals surface area contributed by atoms with Gasteiger partial charge in [0.1, 0.15) is 5.75 Å². The molecule has 0 radical (unpaired) electrons. The van der Waals surface area contributed by atoms with Crippen LogP contribution in [0.2, 0.25) is 21.6 Å². The molecule has 0 N–H and O–H groups in total. The minimum absolute atomic E-state index is 0.564. The lowest BCUT2D eigenvalue weighted by Gasteiger charge is -2.42. The van der Waals surface area contributed by atoms with Crippen molar-refractivity contribution in [1.29, 1.82) is 0 Å². The zero-order valence-electron chi connectivity index (χ0n) is 12.3. The first-order valence-corrected chi connectivity index (χ1v) is 9.27. The van der Waals surface area contributed by atoms with E-state index >= 15 is 0 Å². The van der Waals surface area contributed by atoms with Crippen LogP contribution in [0.15, 0.2) is 24.3 Å². The summed E-state index contributed by atoms with van der Waals surface area (Å²) >= 11 is 6.24. The number of benzene rings is 1. The molecular formula is C15H25ClOSi. The zero-order chi connectivity index (χ0) is 13.9. The second-order valence-electron chi connectivity index (χ2n) is 5.85. The van der Waals surface area contributed by atoms with Crippen LogP contribution in [0.3, 0.4) is 0 Å². The highest BCUT2D eigenvalue weighted by Gasteiger charge is 2.47. The molecule has 18 heavy (non-hydrogen) atoms. The average Bonchev–Trinajstić information content (AvgIpc) is 2.26. The van der Waals surface area contributed by atoms with Crippen LogP contribution < -0.4 is 4.43 Å². The first-order valence-electron chi connectivity index (χ1n) is 6.75. The molecule has 0 saturated carbocycles. The van der Waals surface area contributed by atoms with Crippen LogP contribution in [0.5, 0.6) is 5.75 Å². The van der Waals surface area contributed by atoms with Gasteiger partial charge in [-0.2, -0.15) is 0 Å². The molecule has 1 aromatic carbocycles. The van der Waals surface area contributed by atoms with Gasteiger partial charge in [0.2, 0.25) is 0 Å². The molecule has 1 nitrogen and oxygen atoms in total. The Hall–Kier alpha value is -0.473. The van der Waals surface area contributed by atoms with Crippen molar-refractivity contribution in [2.45, 2.75) is 58.2 Å². The third kappa shape index (κ3) is 2.92. The maximum Gasteiger partial charge on any atom is 0.258 e. The number of para-hydroxylation sites is 1. The summed E-state index contributed by atoms with van der Waals surface area (Å²) in [6.45, 7) is 13.7. The van der Waals surface area contributed by atoms with E-state index in [9.17, 15) is 0 Å². The van der Waals surface area contributed by atoms with Gasteiger partial charge in [-0.25, -0.2) is 0 Å². The molecule has 0 unspecified atom stereocenters. The van der Waals surface area contributed by atoms with Gasteiger partial charge in [-0.15, -0.1) is 0 Å². The summed E-state index contributed by atoms with van der Waals surface area (Å²) in [5.74, 6) is 0.849. The van der Waals surface area contributed by atoms with Crippen LogP contribution in [0.1, 0.15) is 41.5 Å². The lowest BCUT2D eigenvalue weighted by molar-refractivity contribution is 0.480. The number of halogens is 1. The van der Waals surface area contributed by atoms with E-state index < -0.39 is 8.32 Å². The molecule has 0 aliphatic heterocycles. The Labute approximate surface area is 118 Å². The van der Waals surface area contributed by atoms with E-state index in [0.717, 1.165) is 10.8 Å². The van der Waals surface area contributed by atoms with E-state index in [4.69, 9.17) is 16.0 Å². The van der Waals surface area contributed by atoms with Crippen molar-refractivity contribution in [2.24, 2.45) is 0 Å². The minimum atomic E-state index is -1.88. The fraction of sp³-hybridized carbons (Fsp3) is 0.600. The summed E-state index contributed by atoms with van der Waals surface area (Å²) in [5.41, 5.74) is 1.69. The molecule has 0 aliphatic rings. The van der Waals surface area contributed by atoms with Crippen LogP contribution >= 0.6 is 11.6 Å². The summed E-state index contributed by atoms with van der Waals surface area (Å²) in [6, 6.07) is 7.81. The molecule has 3 heteroatoms. The Morgan fingerprint density at radius 2 is 1.33 bits per heavy atom. The molecular weight excluding hydrogens is 260 g/mol. The topological polar surface area (TPSA) is 9.23 Å². The van der Waals surface area contributed by atoms with Gasteiger partial charge in [-0.1, -0.05) is 65.3 Å². The SMILES string of the molecule is CC(C)[Si](Oc1ccccc1Cl)(C(C)C)C(C)C. The highest BCUT2D eigenvalue weighted by molar-refractivity contribution is 6.78. The quantitative estimate of drug-likeness (QED) is 0.612. The molecule has 0 aromatic heterocycles. The van der Waals surface area contributed by atoms with Crippen molar-refractivity contribution in [2.75, 3.05) is 0 Å². The summed E-state index contributed by atoms with van der Waals surface area (Å²) in [6.07, 6.45) is 0. The minimum Gasteiger partial charge on any atom is -0.542 e. The van der Waals surface area contributed by atoms with E-state index in [0.29, 0.717) is 16.6 Å². The van der Waals surface area contributed by atoms with Gasteiger partial charge >= 0.3 is 0 Å². The van der Waals surface area contributed by atoms with Crippen LogP contribution in [0.4, 0.5) is 0 Å².